The van der Waals surface area contributed by atoms with Crippen LogP contribution in [0.25, 0.3) is 0 Å². The molecule has 4 aromatic carbocycles. The standard InChI is InChI=1S/C45H58BNO7Si/c1-42(2,3)52-41(49)47-38(40(48)51-32-33-20-14-11-15-21-33)31-34-26-27-39(37(30-34)46-53-44(7,8)45(9,10)54-46)50-28-29-55(43(4,5)6,35-22-16-12-17-23-35)36-24-18-13-19-25-36/h11-27,30,38H,28-29,31-32H2,1-10H3,(H,47,49)/t38-/m0/s1. The highest BCUT2D eigenvalue weighted by Gasteiger charge is 2.53. The second-order valence-corrected chi connectivity index (χ2v) is 22.4. The van der Waals surface area contributed by atoms with Crippen molar-refractivity contribution < 1.29 is 33.1 Å². The molecule has 1 fully saturated rings. The molecule has 4 aromatic rings. The number of amides is 1. The first kappa shape index (κ1) is 41.8. The summed E-state index contributed by atoms with van der Waals surface area (Å²) in [6.07, 6.45) is -0.564. The quantitative estimate of drug-likeness (QED) is 0.111. The monoisotopic (exact) mass is 763 g/mol. The molecule has 1 heterocycles. The maximum atomic E-state index is 13.6. The van der Waals surface area contributed by atoms with Gasteiger partial charge in [-0.05, 0) is 76.7 Å². The highest BCUT2D eigenvalue weighted by atomic mass is 28.3. The molecule has 0 spiro atoms. The zero-order valence-corrected chi connectivity index (χ0v) is 35.2. The summed E-state index contributed by atoms with van der Waals surface area (Å²) in [5.41, 5.74) is 0.382. The fourth-order valence-corrected chi connectivity index (χ4v) is 12.5. The molecule has 0 radical (unpaired) electrons. The molecule has 0 bridgehead atoms. The molecule has 0 unspecified atom stereocenters. The van der Waals surface area contributed by atoms with Gasteiger partial charge in [-0.25, -0.2) is 9.59 Å². The van der Waals surface area contributed by atoms with Gasteiger partial charge in [0.05, 0.1) is 17.8 Å². The Balaban J connectivity index is 1.47. The van der Waals surface area contributed by atoms with Crippen LogP contribution in [0.5, 0.6) is 5.75 Å². The van der Waals surface area contributed by atoms with Crippen molar-refractivity contribution in [2.45, 2.75) is 116 Å². The van der Waals surface area contributed by atoms with E-state index < -0.39 is 50.1 Å². The number of benzene rings is 4. The van der Waals surface area contributed by atoms with Gasteiger partial charge in [0.15, 0.2) is 0 Å². The largest absolute Gasteiger partial charge is 0.498 e. The van der Waals surface area contributed by atoms with Crippen LogP contribution < -0.4 is 25.9 Å². The van der Waals surface area contributed by atoms with Gasteiger partial charge in [0.2, 0.25) is 0 Å². The third kappa shape index (κ3) is 10.1. The number of carbonyl (C=O) groups is 2. The molecular formula is C45H58BNO7Si. The van der Waals surface area contributed by atoms with Gasteiger partial charge in [0.1, 0.15) is 32.1 Å². The van der Waals surface area contributed by atoms with E-state index in [0.717, 1.165) is 17.2 Å². The van der Waals surface area contributed by atoms with Crippen molar-refractivity contribution in [3.8, 4) is 5.75 Å². The number of ether oxygens (including phenoxy) is 3. The second-order valence-electron chi connectivity index (χ2n) is 17.4. The summed E-state index contributed by atoms with van der Waals surface area (Å²) in [6.45, 7) is 21.0. The first-order valence-corrected chi connectivity index (χ1v) is 21.4. The van der Waals surface area contributed by atoms with Gasteiger partial charge in [0.25, 0.3) is 0 Å². The summed E-state index contributed by atoms with van der Waals surface area (Å²) in [4.78, 5) is 26.6. The Morgan fingerprint density at radius 2 is 1.27 bits per heavy atom. The predicted molar refractivity (Wildman–Crippen MR) is 223 cm³/mol. The zero-order valence-electron chi connectivity index (χ0n) is 34.2. The number of rotatable bonds is 13. The van der Waals surface area contributed by atoms with Crippen LogP contribution in [0.15, 0.2) is 109 Å². The fraction of sp³-hybridized carbons (Fsp3) is 0.422. The SMILES string of the molecule is CC(C)(C)OC(=O)N[C@@H](Cc1ccc(OCC[Si](c2ccccc2)(c2ccccc2)C(C)(C)C)c(B2OC(C)(C)C(C)(C)O2)c1)C(=O)OCc1ccccc1. The van der Waals surface area contributed by atoms with Gasteiger partial charge in [-0.3, -0.25) is 0 Å². The predicted octanol–water partition coefficient (Wildman–Crippen LogP) is 7.61. The van der Waals surface area contributed by atoms with Crippen molar-refractivity contribution >= 4 is 43.1 Å². The van der Waals surface area contributed by atoms with Gasteiger partial charge in [-0.15, -0.1) is 0 Å². The maximum Gasteiger partial charge on any atom is 0.498 e. The average molecular weight is 764 g/mol. The van der Waals surface area contributed by atoms with Crippen LogP contribution >= 0.6 is 0 Å². The van der Waals surface area contributed by atoms with Crippen LogP contribution in [0.4, 0.5) is 4.79 Å². The van der Waals surface area contributed by atoms with Gasteiger partial charge in [-0.1, -0.05) is 134 Å². The van der Waals surface area contributed by atoms with Crippen molar-refractivity contribution in [1.82, 2.24) is 5.32 Å². The Kier molecular flexibility index (Phi) is 12.7. The number of nitrogens with one attached hydrogen (secondary N) is 1. The lowest BCUT2D eigenvalue weighted by molar-refractivity contribution is -0.147. The summed E-state index contributed by atoms with van der Waals surface area (Å²) in [6, 6.07) is 36.8. The first-order valence-electron chi connectivity index (χ1n) is 19.2. The summed E-state index contributed by atoms with van der Waals surface area (Å²) in [7, 11) is -3.13. The molecule has 0 saturated carbocycles. The summed E-state index contributed by atoms with van der Waals surface area (Å²) in [5.74, 6) is 0.0704. The van der Waals surface area contributed by atoms with Crippen LogP contribution in [0.3, 0.4) is 0 Å². The Hall–Kier alpha value is -4.38. The van der Waals surface area contributed by atoms with Crippen LogP contribution in [0.2, 0.25) is 11.1 Å². The molecule has 1 saturated heterocycles. The molecule has 1 atom stereocenters. The molecule has 0 aliphatic carbocycles. The first-order chi connectivity index (χ1) is 25.8. The number of esters is 1. The average Bonchev–Trinajstić information content (AvgIpc) is 3.34. The van der Waals surface area contributed by atoms with Crippen LogP contribution in [-0.2, 0) is 36.6 Å². The molecule has 8 nitrogen and oxygen atoms in total. The highest BCUT2D eigenvalue weighted by molar-refractivity contribution is 7.04. The van der Waals surface area contributed by atoms with E-state index in [4.69, 9.17) is 23.5 Å². The summed E-state index contributed by atoms with van der Waals surface area (Å²) in [5, 5.41) is 5.46. The summed E-state index contributed by atoms with van der Waals surface area (Å²) >= 11 is 0. The zero-order chi connectivity index (χ0) is 40.1. The smallest absolute Gasteiger partial charge is 0.494 e. The molecule has 10 heteroatoms. The van der Waals surface area contributed by atoms with Gasteiger partial charge < -0.3 is 28.8 Å². The van der Waals surface area contributed by atoms with E-state index in [0.29, 0.717) is 17.8 Å². The minimum Gasteiger partial charge on any atom is -0.494 e. The third-order valence-corrected chi connectivity index (χ3v) is 16.9. The van der Waals surface area contributed by atoms with E-state index >= 15 is 0 Å². The fourth-order valence-electron chi connectivity index (χ4n) is 7.17. The normalized spacial score (nSPS) is 15.9. The summed E-state index contributed by atoms with van der Waals surface area (Å²) < 4.78 is 31.2. The molecule has 1 amide bonds. The van der Waals surface area contributed by atoms with Gasteiger partial charge in [-0.2, -0.15) is 0 Å². The Bertz CT molecular complexity index is 1830. The van der Waals surface area contributed by atoms with E-state index in [-0.39, 0.29) is 18.1 Å². The molecular weight excluding hydrogens is 705 g/mol. The third-order valence-electron chi connectivity index (χ3n) is 10.8. The molecule has 1 aliphatic rings. The number of alkyl carbamates (subject to hydrolysis) is 1. The number of hydrogen-bond acceptors (Lipinski definition) is 7. The van der Waals surface area contributed by atoms with E-state index in [9.17, 15) is 9.59 Å². The van der Waals surface area contributed by atoms with Gasteiger partial charge >= 0.3 is 19.2 Å². The van der Waals surface area contributed by atoms with Crippen molar-refractivity contribution in [3.05, 3.63) is 120 Å². The van der Waals surface area contributed by atoms with E-state index in [1.807, 2.05) is 76.2 Å². The van der Waals surface area contributed by atoms with Crippen LogP contribution in [0, 0.1) is 0 Å². The number of hydrogen-bond donors (Lipinski definition) is 1. The van der Waals surface area contributed by atoms with E-state index in [1.165, 1.54) is 10.4 Å². The Morgan fingerprint density at radius 1 is 0.745 bits per heavy atom. The van der Waals surface area contributed by atoms with Crippen molar-refractivity contribution in [3.63, 3.8) is 0 Å². The van der Waals surface area contributed by atoms with Crippen LogP contribution in [-0.4, -0.2) is 56.7 Å². The lowest BCUT2D eigenvalue weighted by Gasteiger charge is -2.44. The maximum absolute atomic E-state index is 13.6. The van der Waals surface area contributed by atoms with Crippen LogP contribution in [0.1, 0.15) is 80.4 Å². The molecule has 55 heavy (non-hydrogen) atoms. The van der Waals surface area contributed by atoms with Crippen molar-refractivity contribution in [2.24, 2.45) is 0 Å². The van der Waals surface area contributed by atoms with Crippen molar-refractivity contribution in [1.29, 1.82) is 0 Å². The van der Waals surface area contributed by atoms with E-state index in [2.05, 4.69) is 86.8 Å². The minimum absolute atomic E-state index is 0.0251. The molecule has 0 aromatic heterocycles. The molecule has 292 valence electrons. The molecule has 5 rings (SSSR count). The molecule has 1 aliphatic heterocycles. The highest BCUT2D eigenvalue weighted by Crippen LogP contribution is 2.40. The second kappa shape index (κ2) is 16.8. The lowest BCUT2D eigenvalue weighted by atomic mass is 9.77. The van der Waals surface area contributed by atoms with Crippen molar-refractivity contribution in [2.75, 3.05) is 6.61 Å². The lowest BCUT2D eigenvalue weighted by Crippen LogP contribution is -2.64. The minimum atomic E-state index is -2.40. The molecule has 1 N–H and O–H groups in total. The Labute approximate surface area is 329 Å². The topological polar surface area (TPSA) is 92.3 Å². The number of carbonyl (C=O) groups excluding carboxylic acids is 2. The Morgan fingerprint density at radius 3 is 1.78 bits per heavy atom. The van der Waals surface area contributed by atoms with E-state index in [1.54, 1.807) is 20.8 Å². The van der Waals surface area contributed by atoms with Gasteiger partial charge in [0, 0.05) is 11.9 Å².